The largest absolute Gasteiger partial charge is 0.295 e. The molecule has 1 aliphatic heterocycles. The number of ketones is 1. The maximum absolute atomic E-state index is 12.1. The molecule has 3 nitrogen and oxygen atoms in total. The van der Waals surface area contributed by atoms with E-state index < -0.39 is 0 Å². The Labute approximate surface area is 127 Å². The Balaban J connectivity index is 2.15. The predicted molar refractivity (Wildman–Crippen MR) is 84.0 cm³/mol. The van der Waals surface area contributed by atoms with Gasteiger partial charge in [0, 0.05) is 13.1 Å². The highest BCUT2D eigenvalue weighted by atomic mass is 16.2. The molecule has 0 aromatic heterocycles. The molecular formula is C18H25NO2. The van der Waals surface area contributed by atoms with Gasteiger partial charge in [-0.15, -0.1) is 0 Å². The number of benzene rings is 1. The number of fused-ring (bicyclic) bond motifs is 1. The zero-order chi connectivity index (χ0) is 15.2. The predicted octanol–water partition coefficient (Wildman–Crippen LogP) is 3.53. The van der Waals surface area contributed by atoms with E-state index in [1.54, 1.807) is 0 Å². The average molecular weight is 287 g/mol. The molecule has 2 unspecified atom stereocenters. The molecule has 21 heavy (non-hydrogen) atoms. The van der Waals surface area contributed by atoms with Crippen LogP contribution in [0.3, 0.4) is 0 Å². The summed E-state index contributed by atoms with van der Waals surface area (Å²) in [5.41, 5.74) is 2.20. The Hall–Kier alpha value is -1.48. The van der Waals surface area contributed by atoms with E-state index in [2.05, 4.69) is 24.8 Å². The number of carbonyl (C=O) groups is 2. The second-order valence-electron chi connectivity index (χ2n) is 5.97. The first kappa shape index (κ1) is 15.9. The molecule has 2 rings (SSSR count). The van der Waals surface area contributed by atoms with Gasteiger partial charge in [0.1, 0.15) is 6.04 Å². The molecule has 0 radical (unpaired) electrons. The highest BCUT2D eigenvalue weighted by Gasteiger charge is 2.35. The highest BCUT2D eigenvalue weighted by Crippen LogP contribution is 2.35. The van der Waals surface area contributed by atoms with Gasteiger partial charge >= 0.3 is 0 Å². The van der Waals surface area contributed by atoms with Gasteiger partial charge in [0.15, 0.2) is 6.29 Å². The van der Waals surface area contributed by atoms with Crippen LogP contribution in [0.5, 0.6) is 0 Å². The van der Waals surface area contributed by atoms with Crippen molar-refractivity contribution in [2.24, 2.45) is 5.92 Å². The Bertz CT molecular complexity index is 498. The molecule has 0 spiro atoms. The minimum absolute atomic E-state index is 0.315. The van der Waals surface area contributed by atoms with Crippen molar-refractivity contribution in [3.05, 3.63) is 35.4 Å². The molecular weight excluding hydrogens is 262 g/mol. The van der Waals surface area contributed by atoms with Crippen LogP contribution >= 0.6 is 0 Å². The van der Waals surface area contributed by atoms with Gasteiger partial charge in [-0.25, -0.2) is 0 Å². The van der Waals surface area contributed by atoms with Gasteiger partial charge < -0.3 is 0 Å². The van der Waals surface area contributed by atoms with Crippen LogP contribution in [0.1, 0.15) is 56.7 Å². The Morgan fingerprint density at radius 2 is 2.14 bits per heavy atom. The molecule has 0 fully saturated rings. The minimum atomic E-state index is -0.366. The van der Waals surface area contributed by atoms with E-state index in [1.165, 1.54) is 24.8 Å². The van der Waals surface area contributed by atoms with Crippen LogP contribution in [0.2, 0.25) is 0 Å². The summed E-state index contributed by atoms with van der Waals surface area (Å²) in [6.07, 6.45) is 5.22. The second-order valence-corrected chi connectivity index (χ2v) is 5.97. The lowest BCUT2D eigenvalue weighted by Crippen LogP contribution is -2.33. The van der Waals surface area contributed by atoms with E-state index in [1.807, 2.05) is 18.2 Å². The topological polar surface area (TPSA) is 37.4 Å². The van der Waals surface area contributed by atoms with Crippen molar-refractivity contribution >= 4 is 12.1 Å². The van der Waals surface area contributed by atoms with Crippen molar-refractivity contribution in [1.29, 1.82) is 0 Å². The Morgan fingerprint density at radius 1 is 1.38 bits per heavy atom. The van der Waals surface area contributed by atoms with Crippen molar-refractivity contribution in [2.75, 3.05) is 6.54 Å². The van der Waals surface area contributed by atoms with Gasteiger partial charge in [0.25, 0.3) is 0 Å². The highest BCUT2D eigenvalue weighted by molar-refractivity contribution is 6.27. The number of hydrogen-bond acceptors (Lipinski definition) is 3. The third-order valence-electron chi connectivity index (χ3n) is 4.51. The SMILES string of the molecule is CCCCC(CC)CN1Cc2ccccc2C1C(=O)C=O. The van der Waals surface area contributed by atoms with Gasteiger partial charge in [0.05, 0.1) is 0 Å². The van der Waals surface area contributed by atoms with Crippen molar-refractivity contribution in [3.63, 3.8) is 0 Å². The third-order valence-corrected chi connectivity index (χ3v) is 4.51. The molecule has 0 bridgehead atoms. The lowest BCUT2D eigenvalue weighted by Gasteiger charge is -2.27. The molecule has 3 heteroatoms. The van der Waals surface area contributed by atoms with Crippen LogP contribution in [-0.2, 0) is 16.1 Å². The molecule has 114 valence electrons. The zero-order valence-corrected chi connectivity index (χ0v) is 13.0. The first-order chi connectivity index (χ1) is 10.2. The first-order valence-electron chi connectivity index (χ1n) is 8.02. The molecule has 0 amide bonds. The van der Waals surface area contributed by atoms with Gasteiger partial charge in [-0.2, -0.15) is 0 Å². The molecule has 1 heterocycles. The van der Waals surface area contributed by atoms with Crippen LogP contribution in [0, 0.1) is 5.92 Å². The fourth-order valence-electron chi connectivity index (χ4n) is 3.27. The van der Waals surface area contributed by atoms with Crippen LogP contribution < -0.4 is 0 Å². The maximum Gasteiger partial charge on any atom is 0.216 e. The number of aldehydes is 1. The van der Waals surface area contributed by atoms with E-state index in [4.69, 9.17) is 0 Å². The summed E-state index contributed by atoms with van der Waals surface area (Å²) < 4.78 is 0. The van der Waals surface area contributed by atoms with E-state index in [-0.39, 0.29) is 11.8 Å². The van der Waals surface area contributed by atoms with E-state index >= 15 is 0 Å². The maximum atomic E-state index is 12.1. The van der Waals surface area contributed by atoms with Gasteiger partial charge in [-0.3, -0.25) is 14.5 Å². The quantitative estimate of drug-likeness (QED) is 0.542. The standard InChI is InChI=1S/C18H25NO2/c1-3-5-8-14(4-2)11-19-12-15-9-6-7-10-16(15)18(19)17(21)13-20/h6-7,9-10,13-14,18H,3-5,8,11-12H2,1-2H3. The monoisotopic (exact) mass is 287 g/mol. The van der Waals surface area contributed by atoms with E-state index in [0.717, 1.165) is 25.1 Å². The van der Waals surface area contributed by atoms with Crippen LogP contribution in [0.4, 0.5) is 0 Å². The summed E-state index contributed by atoms with van der Waals surface area (Å²) in [6.45, 7) is 6.09. The summed E-state index contributed by atoms with van der Waals surface area (Å²) in [6, 6.07) is 7.62. The third kappa shape index (κ3) is 3.59. The van der Waals surface area contributed by atoms with Crippen LogP contribution in [-0.4, -0.2) is 23.5 Å². The summed E-state index contributed by atoms with van der Waals surface area (Å²) >= 11 is 0. The van der Waals surface area contributed by atoms with Crippen molar-refractivity contribution < 1.29 is 9.59 Å². The molecule has 1 aromatic carbocycles. The fraction of sp³-hybridized carbons (Fsp3) is 0.556. The average Bonchev–Trinajstić information content (AvgIpc) is 2.88. The molecule has 2 atom stereocenters. The first-order valence-corrected chi connectivity index (χ1v) is 8.02. The Morgan fingerprint density at radius 3 is 2.81 bits per heavy atom. The van der Waals surface area contributed by atoms with Crippen molar-refractivity contribution in [2.45, 2.75) is 52.1 Å². The van der Waals surface area contributed by atoms with Gasteiger partial charge in [0.2, 0.25) is 5.78 Å². The number of rotatable bonds is 8. The number of carbonyl (C=O) groups excluding carboxylic acids is 2. The lowest BCUT2D eigenvalue weighted by atomic mass is 9.97. The smallest absolute Gasteiger partial charge is 0.216 e. The minimum Gasteiger partial charge on any atom is -0.295 e. The molecule has 0 N–H and O–H groups in total. The van der Waals surface area contributed by atoms with Gasteiger partial charge in [-0.05, 0) is 23.5 Å². The fourth-order valence-corrected chi connectivity index (χ4v) is 3.27. The van der Waals surface area contributed by atoms with Crippen molar-refractivity contribution in [1.82, 2.24) is 4.90 Å². The van der Waals surface area contributed by atoms with E-state index in [9.17, 15) is 9.59 Å². The number of Topliss-reactive ketones (excluding diaryl/α,β-unsaturated/α-hetero) is 1. The lowest BCUT2D eigenvalue weighted by molar-refractivity contribution is -0.133. The molecule has 1 aliphatic rings. The molecule has 0 saturated carbocycles. The van der Waals surface area contributed by atoms with Gasteiger partial charge in [-0.1, -0.05) is 57.4 Å². The normalized spacial score (nSPS) is 19.2. The number of unbranched alkanes of at least 4 members (excludes halogenated alkanes) is 1. The van der Waals surface area contributed by atoms with E-state index in [0.29, 0.717) is 12.2 Å². The summed E-state index contributed by atoms with van der Waals surface area (Å²) in [7, 11) is 0. The van der Waals surface area contributed by atoms with Crippen LogP contribution in [0.15, 0.2) is 24.3 Å². The Kier molecular flexibility index (Phi) is 5.68. The summed E-state index contributed by atoms with van der Waals surface area (Å²) in [5.74, 6) is 0.284. The number of hydrogen-bond donors (Lipinski definition) is 0. The van der Waals surface area contributed by atoms with Crippen molar-refractivity contribution in [3.8, 4) is 0 Å². The molecule has 0 saturated heterocycles. The zero-order valence-electron chi connectivity index (χ0n) is 13.0. The number of nitrogens with zero attached hydrogens (tertiary/aromatic N) is 1. The molecule has 1 aromatic rings. The van der Waals surface area contributed by atoms with Crippen LogP contribution in [0.25, 0.3) is 0 Å². The summed E-state index contributed by atoms with van der Waals surface area (Å²) in [5, 5.41) is 0. The summed E-state index contributed by atoms with van der Waals surface area (Å²) in [4.78, 5) is 25.2. The second kappa shape index (κ2) is 7.51. The molecule has 0 aliphatic carbocycles.